The topological polar surface area (TPSA) is 73.1 Å². The summed E-state index contributed by atoms with van der Waals surface area (Å²) in [6.45, 7) is 1.36. The van der Waals surface area contributed by atoms with Crippen LogP contribution in [0.1, 0.15) is 17.4 Å². The molecule has 132 valence electrons. The van der Waals surface area contributed by atoms with Crippen LogP contribution in [-0.4, -0.2) is 38.1 Å². The Morgan fingerprint density at radius 3 is 3.08 bits per heavy atom. The standard InChI is InChI=1S/C19H18N4O2S/c1-23-9-14-6-13(8-20-18(14)22-23)15-3-2-11-7-16(26-19(11)21-15)17(24)12-4-5-25-10-12/h2-3,6-9,12,17,24H,4-5,10H2,1H3/t12-,17+/m0/s1. The van der Waals surface area contributed by atoms with Crippen molar-refractivity contribution in [3.63, 3.8) is 0 Å². The van der Waals surface area contributed by atoms with E-state index >= 15 is 0 Å². The molecule has 0 saturated carbocycles. The van der Waals surface area contributed by atoms with Gasteiger partial charge in [0.1, 0.15) is 4.83 Å². The third-order valence-electron chi connectivity index (χ3n) is 4.87. The molecule has 2 atom stereocenters. The van der Waals surface area contributed by atoms with Crippen molar-refractivity contribution >= 4 is 32.6 Å². The van der Waals surface area contributed by atoms with Crippen LogP contribution in [0.3, 0.4) is 0 Å². The van der Waals surface area contributed by atoms with E-state index in [0.29, 0.717) is 6.61 Å². The first-order valence-electron chi connectivity index (χ1n) is 8.63. The van der Waals surface area contributed by atoms with Crippen LogP contribution in [0.25, 0.3) is 32.5 Å². The first-order valence-corrected chi connectivity index (χ1v) is 9.45. The molecule has 5 heterocycles. The van der Waals surface area contributed by atoms with Crippen LogP contribution in [-0.2, 0) is 11.8 Å². The second kappa shape index (κ2) is 6.12. The van der Waals surface area contributed by atoms with Gasteiger partial charge >= 0.3 is 0 Å². The lowest BCUT2D eigenvalue weighted by Gasteiger charge is -2.13. The fourth-order valence-electron chi connectivity index (χ4n) is 3.45. The lowest BCUT2D eigenvalue weighted by Crippen LogP contribution is -2.10. The van der Waals surface area contributed by atoms with Crippen LogP contribution in [0.4, 0.5) is 0 Å². The van der Waals surface area contributed by atoms with Gasteiger partial charge in [-0.3, -0.25) is 4.68 Å². The largest absolute Gasteiger partial charge is 0.387 e. The molecule has 26 heavy (non-hydrogen) atoms. The Morgan fingerprint density at radius 2 is 2.23 bits per heavy atom. The zero-order valence-corrected chi connectivity index (χ0v) is 15.1. The molecule has 6 nitrogen and oxygen atoms in total. The molecule has 0 amide bonds. The van der Waals surface area contributed by atoms with E-state index in [9.17, 15) is 5.11 Å². The lowest BCUT2D eigenvalue weighted by molar-refractivity contribution is 0.0945. The van der Waals surface area contributed by atoms with Crippen molar-refractivity contribution in [2.45, 2.75) is 12.5 Å². The number of ether oxygens (including phenoxy) is 1. The van der Waals surface area contributed by atoms with E-state index in [1.54, 1.807) is 16.0 Å². The molecule has 0 radical (unpaired) electrons. The highest BCUT2D eigenvalue weighted by molar-refractivity contribution is 7.18. The number of aliphatic hydroxyl groups excluding tert-OH is 1. The van der Waals surface area contributed by atoms with Crippen LogP contribution >= 0.6 is 11.3 Å². The van der Waals surface area contributed by atoms with Gasteiger partial charge in [0.25, 0.3) is 0 Å². The molecule has 0 spiro atoms. The average molecular weight is 366 g/mol. The number of pyridine rings is 2. The molecular formula is C19H18N4O2S. The van der Waals surface area contributed by atoms with Crippen molar-refractivity contribution in [2.75, 3.05) is 13.2 Å². The fraction of sp³-hybridized carbons (Fsp3) is 0.316. The minimum absolute atomic E-state index is 0.180. The SMILES string of the molecule is Cn1cc2cc(-c3ccc4cc([C@H](O)[C@H]5CCOC5)sc4n3)cnc2n1. The maximum atomic E-state index is 10.6. The molecule has 7 heteroatoms. The van der Waals surface area contributed by atoms with Crippen LogP contribution in [0, 0.1) is 5.92 Å². The van der Waals surface area contributed by atoms with Crippen molar-refractivity contribution in [1.29, 1.82) is 0 Å². The predicted molar refractivity (Wildman–Crippen MR) is 101 cm³/mol. The molecule has 1 saturated heterocycles. The van der Waals surface area contributed by atoms with Gasteiger partial charge in [0.15, 0.2) is 5.65 Å². The van der Waals surface area contributed by atoms with Gasteiger partial charge in [0, 0.05) is 53.2 Å². The van der Waals surface area contributed by atoms with Crippen LogP contribution in [0.5, 0.6) is 0 Å². The summed E-state index contributed by atoms with van der Waals surface area (Å²) in [4.78, 5) is 11.1. The Bertz CT molecular complexity index is 1100. The Labute approximate surface area is 154 Å². The summed E-state index contributed by atoms with van der Waals surface area (Å²) in [5.41, 5.74) is 2.58. The molecule has 0 aliphatic carbocycles. The van der Waals surface area contributed by atoms with Crippen molar-refractivity contribution in [1.82, 2.24) is 19.7 Å². The minimum Gasteiger partial charge on any atom is -0.387 e. The molecule has 1 aliphatic rings. The molecule has 1 fully saturated rings. The molecule has 5 rings (SSSR count). The van der Waals surface area contributed by atoms with Gasteiger partial charge in [-0.15, -0.1) is 11.3 Å². The van der Waals surface area contributed by atoms with E-state index in [0.717, 1.165) is 50.4 Å². The lowest BCUT2D eigenvalue weighted by atomic mass is 10.0. The highest BCUT2D eigenvalue weighted by Crippen LogP contribution is 2.36. The van der Waals surface area contributed by atoms with E-state index in [4.69, 9.17) is 9.72 Å². The molecule has 0 unspecified atom stereocenters. The number of hydrogen-bond donors (Lipinski definition) is 1. The van der Waals surface area contributed by atoms with E-state index < -0.39 is 6.10 Å². The van der Waals surface area contributed by atoms with Crippen molar-refractivity contribution in [3.8, 4) is 11.3 Å². The van der Waals surface area contributed by atoms with Gasteiger partial charge in [-0.2, -0.15) is 5.10 Å². The number of thiophene rings is 1. The van der Waals surface area contributed by atoms with Gasteiger partial charge in [0.2, 0.25) is 0 Å². The monoisotopic (exact) mass is 366 g/mol. The second-order valence-corrected chi connectivity index (χ2v) is 7.81. The highest BCUT2D eigenvalue weighted by atomic mass is 32.1. The number of rotatable bonds is 3. The van der Waals surface area contributed by atoms with Crippen molar-refractivity contribution in [3.05, 3.63) is 41.5 Å². The Hall–Kier alpha value is -2.35. The Morgan fingerprint density at radius 1 is 1.31 bits per heavy atom. The first kappa shape index (κ1) is 15.9. The fourth-order valence-corrected chi connectivity index (χ4v) is 4.56. The second-order valence-electron chi connectivity index (χ2n) is 6.75. The third kappa shape index (κ3) is 2.68. The number of aromatic nitrogens is 4. The predicted octanol–water partition coefficient (Wildman–Crippen LogP) is 3.31. The Balaban J connectivity index is 1.52. The Kier molecular flexibility index (Phi) is 3.74. The quantitative estimate of drug-likeness (QED) is 0.602. The van der Waals surface area contributed by atoms with E-state index in [2.05, 4.69) is 22.2 Å². The van der Waals surface area contributed by atoms with Crippen molar-refractivity contribution in [2.24, 2.45) is 13.0 Å². The summed E-state index contributed by atoms with van der Waals surface area (Å²) in [6, 6.07) is 8.16. The summed E-state index contributed by atoms with van der Waals surface area (Å²) in [7, 11) is 1.89. The maximum absolute atomic E-state index is 10.6. The minimum atomic E-state index is -0.478. The van der Waals surface area contributed by atoms with Gasteiger partial charge in [0.05, 0.1) is 18.4 Å². The molecule has 0 aromatic carbocycles. The zero-order chi connectivity index (χ0) is 17.7. The van der Waals surface area contributed by atoms with Crippen LogP contribution < -0.4 is 0 Å². The number of hydrogen-bond acceptors (Lipinski definition) is 6. The van der Waals surface area contributed by atoms with Gasteiger partial charge < -0.3 is 9.84 Å². The summed E-state index contributed by atoms with van der Waals surface area (Å²) in [6.07, 6.45) is 4.19. The van der Waals surface area contributed by atoms with Gasteiger partial charge in [-0.25, -0.2) is 9.97 Å². The highest BCUT2D eigenvalue weighted by Gasteiger charge is 2.26. The van der Waals surface area contributed by atoms with Crippen LogP contribution in [0.15, 0.2) is 36.7 Å². The van der Waals surface area contributed by atoms with Gasteiger partial charge in [-0.1, -0.05) is 0 Å². The number of nitrogens with zero attached hydrogens (tertiary/aromatic N) is 4. The molecule has 0 bridgehead atoms. The van der Waals surface area contributed by atoms with Gasteiger partial charge in [-0.05, 0) is 30.7 Å². The maximum Gasteiger partial charge on any atom is 0.181 e. The smallest absolute Gasteiger partial charge is 0.181 e. The summed E-state index contributed by atoms with van der Waals surface area (Å²) < 4.78 is 7.16. The van der Waals surface area contributed by atoms with E-state index in [1.807, 2.05) is 31.6 Å². The summed E-state index contributed by atoms with van der Waals surface area (Å²) in [5.74, 6) is 0.180. The number of fused-ring (bicyclic) bond motifs is 2. The third-order valence-corrected chi connectivity index (χ3v) is 5.99. The average Bonchev–Trinajstić information content (AvgIpc) is 3.37. The number of aliphatic hydroxyl groups is 1. The summed E-state index contributed by atoms with van der Waals surface area (Å²) in [5, 5.41) is 17.0. The van der Waals surface area contributed by atoms with Crippen LogP contribution in [0.2, 0.25) is 0 Å². The molecule has 1 N–H and O–H groups in total. The molecule has 4 aromatic heterocycles. The molecular weight excluding hydrogens is 348 g/mol. The normalized spacial score (nSPS) is 18.8. The van der Waals surface area contributed by atoms with Crippen molar-refractivity contribution < 1.29 is 9.84 Å². The molecule has 1 aliphatic heterocycles. The molecule has 4 aromatic rings. The zero-order valence-electron chi connectivity index (χ0n) is 14.3. The van der Waals surface area contributed by atoms with E-state index in [-0.39, 0.29) is 5.92 Å². The van der Waals surface area contributed by atoms with E-state index in [1.165, 1.54) is 0 Å². The first-order chi connectivity index (χ1) is 12.7. The summed E-state index contributed by atoms with van der Waals surface area (Å²) >= 11 is 1.56. The number of aryl methyl sites for hydroxylation is 1.